The molecular formula is C23H15F2N3O3S. The zero-order chi connectivity index (χ0) is 23.0. The van der Waals surface area contributed by atoms with Crippen molar-refractivity contribution in [3.8, 4) is 6.07 Å². The van der Waals surface area contributed by atoms with Crippen LogP contribution in [0.2, 0.25) is 0 Å². The molecule has 2 aromatic carbocycles. The molecule has 3 aromatic rings. The highest BCUT2D eigenvalue weighted by Crippen LogP contribution is 2.36. The number of carbonyl (C=O) groups is 1. The van der Waals surface area contributed by atoms with Gasteiger partial charge in [0.1, 0.15) is 22.1 Å². The minimum Gasteiger partial charge on any atom is -0.466 e. The molecule has 1 aliphatic heterocycles. The van der Waals surface area contributed by atoms with Crippen molar-refractivity contribution < 1.29 is 18.3 Å². The number of nitrogens with two attached hydrogens (primary N) is 1. The molecule has 1 atom stereocenters. The zero-order valence-corrected chi connectivity index (χ0v) is 17.5. The molecule has 2 N–H and O–H groups in total. The number of nitrogens with zero attached hydrogens (tertiary/aromatic N) is 2. The van der Waals surface area contributed by atoms with Crippen LogP contribution in [0.4, 0.5) is 8.78 Å². The van der Waals surface area contributed by atoms with Crippen LogP contribution < -0.4 is 20.5 Å². The number of aromatic nitrogens is 1. The summed E-state index contributed by atoms with van der Waals surface area (Å²) in [5.41, 5.74) is 6.72. The van der Waals surface area contributed by atoms with Crippen LogP contribution in [-0.4, -0.2) is 17.6 Å². The summed E-state index contributed by atoms with van der Waals surface area (Å²) in [6.07, 6.45) is 1.54. The Morgan fingerprint density at radius 3 is 2.31 bits per heavy atom. The molecule has 0 fully saturated rings. The summed E-state index contributed by atoms with van der Waals surface area (Å²) >= 11 is 0.996. The molecule has 0 amide bonds. The van der Waals surface area contributed by atoms with Crippen LogP contribution >= 0.6 is 11.3 Å². The Kier molecular flexibility index (Phi) is 5.47. The summed E-state index contributed by atoms with van der Waals surface area (Å²) in [5, 5.41) is 9.82. The number of thiazole rings is 1. The molecule has 0 bridgehead atoms. The van der Waals surface area contributed by atoms with Gasteiger partial charge in [0.05, 0.1) is 34.8 Å². The number of rotatable bonds is 3. The van der Waals surface area contributed by atoms with Gasteiger partial charge in [-0.15, -0.1) is 11.3 Å². The minimum absolute atomic E-state index is 0.0299. The van der Waals surface area contributed by atoms with Crippen molar-refractivity contribution in [1.29, 1.82) is 5.26 Å². The molecule has 32 heavy (non-hydrogen) atoms. The fourth-order valence-electron chi connectivity index (χ4n) is 3.55. The number of nitriles is 1. The second-order valence-corrected chi connectivity index (χ2v) is 7.94. The van der Waals surface area contributed by atoms with E-state index in [1.54, 1.807) is 6.08 Å². The number of benzene rings is 2. The molecule has 0 spiro atoms. The van der Waals surface area contributed by atoms with Crippen molar-refractivity contribution in [1.82, 2.24) is 4.57 Å². The number of esters is 1. The standard InChI is InChI=1S/C23H15F2N3O3S/c1-31-23(30)19-18(13-4-8-15(25)9-5-13)16(11-26)20(27)28-21(29)17(32-22(19)28)10-12-2-6-14(24)7-3-12/h2-10,18H,27H2,1H3/b17-10-. The molecule has 0 saturated heterocycles. The highest BCUT2D eigenvalue weighted by Gasteiger charge is 2.36. The van der Waals surface area contributed by atoms with Crippen molar-refractivity contribution in [2.45, 2.75) is 5.92 Å². The molecule has 1 aliphatic rings. The quantitative estimate of drug-likeness (QED) is 0.613. The predicted molar refractivity (Wildman–Crippen MR) is 115 cm³/mol. The van der Waals surface area contributed by atoms with Crippen LogP contribution in [0.1, 0.15) is 17.0 Å². The van der Waals surface area contributed by atoms with Crippen molar-refractivity contribution in [3.63, 3.8) is 0 Å². The molecule has 1 unspecified atom stereocenters. The summed E-state index contributed by atoms with van der Waals surface area (Å²) in [6.45, 7) is 0. The minimum atomic E-state index is -0.940. The number of ether oxygens (including phenoxy) is 1. The molecule has 4 rings (SSSR count). The van der Waals surface area contributed by atoms with Crippen molar-refractivity contribution in [2.75, 3.05) is 7.11 Å². The summed E-state index contributed by atoms with van der Waals surface area (Å²) < 4.78 is 33.2. The number of methoxy groups -OCH3 is 1. The van der Waals surface area contributed by atoms with Gasteiger partial charge < -0.3 is 10.5 Å². The Morgan fingerprint density at radius 1 is 1.16 bits per heavy atom. The van der Waals surface area contributed by atoms with Gasteiger partial charge in [0.15, 0.2) is 0 Å². The third kappa shape index (κ3) is 3.50. The normalized spacial score (nSPS) is 16.0. The highest BCUT2D eigenvalue weighted by atomic mass is 32.1. The monoisotopic (exact) mass is 451 g/mol. The number of carbonyl (C=O) groups excluding carboxylic acids is 1. The lowest BCUT2D eigenvalue weighted by atomic mass is 9.84. The van der Waals surface area contributed by atoms with E-state index < -0.39 is 29.1 Å². The molecule has 9 heteroatoms. The van der Waals surface area contributed by atoms with E-state index in [-0.39, 0.29) is 26.2 Å². The summed E-state index contributed by atoms with van der Waals surface area (Å²) in [5.74, 6) is -2.71. The Balaban J connectivity index is 2.08. The fraction of sp³-hybridized carbons (Fsp3) is 0.0870. The van der Waals surface area contributed by atoms with E-state index in [0.717, 1.165) is 15.9 Å². The van der Waals surface area contributed by atoms with Crippen LogP contribution in [-0.2, 0) is 9.53 Å². The maximum absolute atomic E-state index is 13.5. The van der Waals surface area contributed by atoms with E-state index >= 15 is 0 Å². The third-order valence-corrected chi connectivity index (χ3v) is 6.15. The van der Waals surface area contributed by atoms with Gasteiger partial charge in [-0.1, -0.05) is 24.3 Å². The first-order chi connectivity index (χ1) is 15.3. The van der Waals surface area contributed by atoms with Gasteiger partial charge in [-0.3, -0.25) is 9.36 Å². The third-order valence-electron chi connectivity index (χ3n) is 5.05. The Labute approximate surface area is 184 Å². The van der Waals surface area contributed by atoms with Gasteiger partial charge in [0.25, 0.3) is 5.56 Å². The van der Waals surface area contributed by atoms with E-state index in [1.807, 2.05) is 6.07 Å². The van der Waals surface area contributed by atoms with Crippen LogP contribution in [0.5, 0.6) is 0 Å². The molecule has 0 radical (unpaired) electrons. The van der Waals surface area contributed by atoms with Crippen LogP contribution in [0.25, 0.3) is 17.5 Å². The summed E-state index contributed by atoms with van der Waals surface area (Å²) in [6, 6.07) is 12.8. The number of fused-ring (bicyclic) bond motifs is 1. The highest BCUT2D eigenvalue weighted by molar-refractivity contribution is 7.07. The van der Waals surface area contributed by atoms with Gasteiger partial charge in [0, 0.05) is 0 Å². The van der Waals surface area contributed by atoms with Crippen molar-refractivity contribution in [3.05, 3.63) is 96.4 Å². The second-order valence-electron chi connectivity index (χ2n) is 6.91. The molecular weight excluding hydrogens is 436 g/mol. The molecule has 6 nitrogen and oxygen atoms in total. The summed E-state index contributed by atoms with van der Waals surface area (Å²) in [4.78, 5) is 25.9. The zero-order valence-electron chi connectivity index (χ0n) is 16.6. The van der Waals surface area contributed by atoms with Crippen LogP contribution in [0.15, 0.2) is 58.9 Å². The van der Waals surface area contributed by atoms with Gasteiger partial charge in [-0.25, -0.2) is 13.6 Å². The summed E-state index contributed by atoms with van der Waals surface area (Å²) in [7, 11) is 1.19. The first-order valence-electron chi connectivity index (χ1n) is 9.33. The SMILES string of the molecule is COC(=O)C1=c2s/c(=C\c3ccc(F)cc3)c(=O)n2C(N)=C(C#N)C1c1ccc(F)cc1. The van der Waals surface area contributed by atoms with Gasteiger partial charge in [-0.2, -0.15) is 5.26 Å². The smallest absolute Gasteiger partial charge is 0.337 e. The topological polar surface area (TPSA) is 98.1 Å². The van der Waals surface area contributed by atoms with Crippen molar-refractivity contribution in [2.24, 2.45) is 5.73 Å². The molecule has 160 valence electrons. The van der Waals surface area contributed by atoms with Crippen LogP contribution in [0, 0.1) is 23.0 Å². The first kappa shape index (κ1) is 21.2. The van der Waals surface area contributed by atoms with E-state index in [4.69, 9.17) is 10.5 Å². The van der Waals surface area contributed by atoms with Gasteiger partial charge in [-0.05, 0) is 41.5 Å². The Morgan fingerprint density at radius 2 is 1.75 bits per heavy atom. The van der Waals surface area contributed by atoms with Gasteiger partial charge in [0.2, 0.25) is 0 Å². The lowest BCUT2D eigenvalue weighted by Crippen LogP contribution is -2.40. The average Bonchev–Trinajstić information content (AvgIpc) is 3.11. The van der Waals surface area contributed by atoms with E-state index in [1.165, 1.54) is 55.6 Å². The second kappa shape index (κ2) is 8.24. The van der Waals surface area contributed by atoms with Crippen LogP contribution in [0.3, 0.4) is 0 Å². The number of hydrogen-bond acceptors (Lipinski definition) is 6. The van der Waals surface area contributed by atoms with E-state index in [9.17, 15) is 23.6 Å². The predicted octanol–water partition coefficient (Wildman–Crippen LogP) is 1.79. The largest absolute Gasteiger partial charge is 0.466 e. The van der Waals surface area contributed by atoms with E-state index in [2.05, 4.69) is 0 Å². The first-order valence-corrected chi connectivity index (χ1v) is 10.1. The Bertz CT molecular complexity index is 1480. The number of halogens is 2. The van der Waals surface area contributed by atoms with Crippen molar-refractivity contribution >= 4 is 34.8 Å². The van der Waals surface area contributed by atoms with Gasteiger partial charge >= 0.3 is 5.97 Å². The number of hydrogen-bond donors (Lipinski definition) is 1. The molecule has 0 aliphatic carbocycles. The van der Waals surface area contributed by atoms with E-state index in [0.29, 0.717) is 11.1 Å². The maximum Gasteiger partial charge on any atom is 0.337 e. The Hall–Kier alpha value is -4.03. The average molecular weight is 451 g/mol. The molecule has 0 saturated carbocycles. The maximum atomic E-state index is 13.5. The number of allylic oxidation sites excluding steroid dienone is 1. The molecule has 2 heterocycles. The molecule has 1 aromatic heterocycles. The fourth-order valence-corrected chi connectivity index (χ4v) is 4.72. The lowest BCUT2D eigenvalue weighted by Gasteiger charge is -2.24. The lowest BCUT2D eigenvalue weighted by molar-refractivity contribution is -0.134.